The lowest BCUT2D eigenvalue weighted by Crippen LogP contribution is -2.26. The summed E-state index contributed by atoms with van der Waals surface area (Å²) in [5.74, 6) is -0.301. The summed E-state index contributed by atoms with van der Waals surface area (Å²) in [6.07, 6.45) is 3.48. The Bertz CT molecular complexity index is 1360. The van der Waals surface area contributed by atoms with E-state index >= 15 is 0 Å². The molecule has 0 aliphatic carbocycles. The summed E-state index contributed by atoms with van der Waals surface area (Å²) in [5, 5.41) is 19.9. The summed E-state index contributed by atoms with van der Waals surface area (Å²) in [5.41, 5.74) is 4.30. The van der Waals surface area contributed by atoms with Gasteiger partial charge in [0.05, 0.1) is 17.1 Å². The number of amides is 2. The number of aromatic nitrogens is 1. The lowest BCUT2D eigenvalue weighted by Gasteiger charge is -2.17. The lowest BCUT2D eigenvalue weighted by molar-refractivity contribution is 0.102. The number of hydrogen-bond donors (Lipinski definition) is 4. The predicted octanol–water partition coefficient (Wildman–Crippen LogP) is 5.84. The number of likely N-dealkylation sites (tertiary alicyclic amines) is 1. The van der Waals surface area contributed by atoms with Crippen LogP contribution in [0, 0.1) is 0 Å². The summed E-state index contributed by atoms with van der Waals surface area (Å²) in [4.78, 5) is 31.8. The van der Waals surface area contributed by atoms with Crippen molar-refractivity contribution in [3.63, 3.8) is 0 Å². The Morgan fingerprint density at radius 3 is 2.62 bits per heavy atom. The molecule has 2 aromatic heterocycles. The van der Waals surface area contributed by atoms with Crippen molar-refractivity contribution in [2.45, 2.75) is 19.0 Å². The van der Waals surface area contributed by atoms with Gasteiger partial charge in [0.2, 0.25) is 0 Å². The summed E-state index contributed by atoms with van der Waals surface area (Å²) >= 11 is 1.57. The zero-order chi connectivity index (χ0) is 25.6. The van der Waals surface area contributed by atoms with Crippen molar-refractivity contribution >= 4 is 40.4 Å². The van der Waals surface area contributed by atoms with Gasteiger partial charge in [-0.15, -0.1) is 11.3 Å². The highest BCUT2D eigenvalue weighted by molar-refractivity contribution is 7.13. The van der Waals surface area contributed by atoms with E-state index in [1.807, 2.05) is 54.0 Å². The molecule has 1 aliphatic rings. The van der Waals surface area contributed by atoms with Crippen LogP contribution in [0.15, 0.2) is 84.5 Å². The van der Waals surface area contributed by atoms with E-state index in [4.69, 9.17) is 0 Å². The van der Waals surface area contributed by atoms with Crippen molar-refractivity contribution in [3.8, 4) is 10.4 Å². The van der Waals surface area contributed by atoms with Crippen LogP contribution in [0.25, 0.3) is 10.4 Å². The molecule has 188 valence electrons. The molecule has 0 spiro atoms. The van der Waals surface area contributed by atoms with E-state index in [9.17, 15) is 14.7 Å². The van der Waals surface area contributed by atoms with Gasteiger partial charge < -0.3 is 15.7 Å². The van der Waals surface area contributed by atoms with Crippen LogP contribution in [0.4, 0.5) is 21.9 Å². The number of benzene rings is 2. The Balaban J connectivity index is 1.22. The average Bonchev–Trinajstić information content (AvgIpc) is 3.59. The summed E-state index contributed by atoms with van der Waals surface area (Å²) in [6.45, 7) is 2.75. The first-order valence-electron chi connectivity index (χ1n) is 12.0. The molecule has 2 aromatic carbocycles. The molecule has 1 atom stereocenters. The third-order valence-corrected chi connectivity index (χ3v) is 7.16. The first-order valence-corrected chi connectivity index (χ1v) is 12.9. The molecule has 3 heterocycles. The normalized spacial score (nSPS) is 15.3. The van der Waals surface area contributed by atoms with Crippen LogP contribution in [0.2, 0.25) is 0 Å². The molecule has 0 saturated carbocycles. The number of carboxylic acid groups (broad SMARTS) is 1. The highest BCUT2D eigenvalue weighted by Gasteiger charge is 2.22. The maximum absolute atomic E-state index is 13.0. The van der Waals surface area contributed by atoms with E-state index in [0.29, 0.717) is 23.0 Å². The maximum atomic E-state index is 13.0. The number of nitrogens with zero attached hydrogens (tertiary/aromatic N) is 2. The summed E-state index contributed by atoms with van der Waals surface area (Å²) in [6, 6.07) is 21.1. The van der Waals surface area contributed by atoms with Crippen LogP contribution in [-0.4, -0.2) is 46.1 Å². The number of rotatable bonds is 8. The molecule has 1 aliphatic heterocycles. The molecule has 1 saturated heterocycles. The fourth-order valence-corrected chi connectivity index (χ4v) is 5.18. The fraction of sp³-hybridized carbons (Fsp3) is 0.179. The van der Waals surface area contributed by atoms with Crippen molar-refractivity contribution in [1.29, 1.82) is 0 Å². The monoisotopic (exact) mass is 513 g/mol. The van der Waals surface area contributed by atoms with Crippen LogP contribution in [0.5, 0.6) is 0 Å². The summed E-state index contributed by atoms with van der Waals surface area (Å²) in [7, 11) is 0. The number of pyridine rings is 1. The number of anilines is 3. The second kappa shape index (κ2) is 11.2. The third kappa shape index (κ3) is 6.32. The molecule has 9 heteroatoms. The van der Waals surface area contributed by atoms with Crippen LogP contribution in [-0.2, 0) is 6.54 Å². The predicted molar refractivity (Wildman–Crippen MR) is 147 cm³/mol. The van der Waals surface area contributed by atoms with Crippen LogP contribution >= 0.6 is 11.3 Å². The van der Waals surface area contributed by atoms with Crippen LogP contribution < -0.4 is 16.0 Å². The van der Waals surface area contributed by atoms with E-state index in [-0.39, 0.29) is 5.91 Å². The van der Waals surface area contributed by atoms with E-state index in [1.54, 1.807) is 41.8 Å². The molecule has 4 aromatic rings. The Kier molecular flexibility index (Phi) is 7.43. The van der Waals surface area contributed by atoms with Gasteiger partial charge in [-0.2, -0.15) is 0 Å². The van der Waals surface area contributed by atoms with Gasteiger partial charge in [0, 0.05) is 48.5 Å². The zero-order valence-electron chi connectivity index (χ0n) is 20.1. The lowest BCUT2D eigenvalue weighted by atomic mass is 10.1. The average molecular weight is 514 g/mol. The fourth-order valence-electron chi connectivity index (χ4n) is 4.46. The van der Waals surface area contributed by atoms with E-state index in [1.165, 1.54) is 0 Å². The molecule has 4 N–H and O–H groups in total. The number of carbonyl (C=O) groups excluding carboxylic acids is 1. The summed E-state index contributed by atoms with van der Waals surface area (Å²) < 4.78 is 0. The van der Waals surface area contributed by atoms with Crippen molar-refractivity contribution in [2.24, 2.45) is 0 Å². The molecule has 2 amide bonds. The van der Waals surface area contributed by atoms with Gasteiger partial charge in [0.15, 0.2) is 0 Å². The Hall–Kier alpha value is -4.21. The molecule has 0 bridgehead atoms. The molecule has 0 radical (unpaired) electrons. The first kappa shape index (κ1) is 24.5. The van der Waals surface area contributed by atoms with Gasteiger partial charge >= 0.3 is 6.09 Å². The van der Waals surface area contributed by atoms with Crippen molar-refractivity contribution in [1.82, 2.24) is 9.88 Å². The largest absolute Gasteiger partial charge is 0.465 e. The topological polar surface area (TPSA) is 107 Å². The van der Waals surface area contributed by atoms with Crippen molar-refractivity contribution in [3.05, 3.63) is 95.6 Å². The minimum atomic E-state index is -1.19. The second-order valence-electron chi connectivity index (χ2n) is 8.93. The molecule has 1 fully saturated rings. The maximum Gasteiger partial charge on any atom is 0.409 e. The van der Waals surface area contributed by atoms with Gasteiger partial charge in [-0.3, -0.25) is 20.0 Å². The standard InChI is InChI=1S/C28H27N5O3S/c34-27(31-25-15-21(26-4-2-14-37-26)9-10-24(25)32-28(35)36)20-7-5-19(6-8-20)17-33-13-11-23(18-33)30-22-3-1-12-29-16-22/h1-10,12,14-16,23,30,32H,11,13,17-18H2,(H,31,34)(H,35,36). The van der Waals surface area contributed by atoms with E-state index in [2.05, 4.69) is 25.8 Å². The first-order chi connectivity index (χ1) is 18.0. The van der Waals surface area contributed by atoms with Crippen LogP contribution in [0.1, 0.15) is 22.3 Å². The Morgan fingerprint density at radius 1 is 1.03 bits per heavy atom. The van der Waals surface area contributed by atoms with Gasteiger partial charge in [0.1, 0.15) is 0 Å². The number of thiophene rings is 1. The highest BCUT2D eigenvalue weighted by atomic mass is 32.1. The van der Waals surface area contributed by atoms with Gasteiger partial charge in [-0.05, 0) is 65.4 Å². The SMILES string of the molecule is O=C(O)Nc1ccc(-c2cccs2)cc1NC(=O)c1ccc(CN2CCC(Nc3cccnc3)C2)cc1. The smallest absolute Gasteiger partial charge is 0.409 e. The number of hydrogen-bond acceptors (Lipinski definition) is 6. The molecular formula is C28H27N5O3S. The van der Waals surface area contributed by atoms with E-state index < -0.39 is 6.09 Å². The van der Waals surface area contributed by atoms with Crippen molar-refractivity contribution in [2.75, 3.05) is 29.0 Å². The van der Waals surface area contributed by atoms with Gasteiger partial charge in [0.25, 0.3) is 5.91 Å². The Labute approximate surface area is 219 Å². The quantitative estimate of drug-likeness (QED) is 0.236. The molecule has 5 rings (SSSR count). The van der Waals surface area contributed by atoms with Crippen LogP contribution in [0.3, 0.4) is 0 Å². The highest BCUT2D eigenvalue weighted by Crippen LogP contribution is 2.32. The molecule has 37 heavy (non-hydrogen) atoms. The Morgan fingerprint density at radius 2 is 1.89 bits per heavy atom. The van der Waals surface area contributed by atoms with Crippen molar-refractivity contribution < 1.29 is 14.7 Å². The molecular weight excluding hydrogens is 486 g/mol. The minimum Gasteiger partial charge on any atom is -0.465 e. The number of nitrogens with one attached hydrogen (secondary N) is 3. The third-order valence-electron chi connectivity index (χ3n) is 6.24. The minimum absolute atomic E-state index is 0.301. The molecule has 8 nitrogen and oxygen atoms in total. The van der Waals surface area contributed by atoms with Gasteiger partial charge in [-0.25, -0.2) is 4.79 Å². The number of carbonyl (C=O) groups is 2. The van der Waals surface area contributed by atoms with E-state index in [0.717, 1.165) is 47.7 Å². The molecule has 1 unspecified atom stereocenters. The second-order valence-corrected chi connectivity index (χ2v) is 9.87. The zero-order valence-corrected chi connectivity index (χ0v) is 20.9. The van der Waals surface area contributed by atoms with Gasteiger partial charge in [-0.1, -0.05) is 24.3 Å².